The maximum absolute atomic E-state index is 8.00. The summed E-state index contributed by atoms with van der Waals surface area (Å²) in [6, 6.07) is 0. The van der Waals surface area contributed by atoms with Gasteiger partial charge in [0.05, 0.1) is 0 Å². The molecule has 76 valence electrons. The van der Waals surface area contributed by atoms with Gasteiger partial charge >= 0.3 is 0 Å². The van der Waals surface area contributed by atoms with E-state index in [9.17, 15) is 0 Å². The molecule has 0 aromatic heterocycles. The summed E-state index contributed by atoms with van der Waals surface area (Å²) >= 11 is 0. The zero-order chi connectivity index (χ0) is 12.0. The molecule has 0 saturated heterocycles. The molecule has 0 spiro atoms. The van der Waals surface area contributed by atoms with Gasteiger partial charge in [-0.05, 0) is 0 Å². The van der Waals surface area contributed by atoms with Crippen molar-refractivity contribution in [2.24, 2.45) is 0 Å². The largest absolute Gasteiger partial charge is 0.307 e. The van der Waals surface area contributed by atoms with Gasteiger partial charge in [-0.2, -0.15) is 0 Å². The summed E-state index contributed by atoms with van der Waals surface area (Å²) in [6.07, 6.45) is 0. The smallest absolute Gasteiger partial charge is 0.106 e. The van der Waals surface area contributed by atoms with Crippen LogP contribution in [0.3, 0.4) is 0 Å². The molecule has 0 rings (SSSR count). The molecule has 0 aromatic rings. The monoisotopic (exact) mass is 228 g/mol. The van der Waals surface area contributed by atoms with Crippen LogP contribution in [0.15, 0.2) is 0 Å². The maximum Gasteiger partial charge on any atom is 0.106 e. The first-order chi connectivity index (χ1) is 6.00. The van der Waals surface area contributed by atoms with Crippen LogP contribution in [0.25, 0.3) is 0 Å². The van der Waals surface area contributed by atoms with E-state index in [1.807, 2.05) is 40.7 Å². The molecule has 0 aliphatic carbocycles. The van der Waals surface area contributed by atoms with E-state index in [4.69, 9.17) is 28.8 Å². The van der Waals surface area contributed by atoms with E-state index in [0.29, 0.717) is 0 Å². The quantitative estimate of drug-likeness (QED) is 0.487. The van der Waals surface area contributed by atoms with Crippen molar-refractivity contribution >= 4 is 40.7 Å². The van der Waals surface area contributed by atoms with E-state index in [2.05, 4.69) is 0 Å². The predicted molar refractivity (Wildman–Crippen MR) is 42.7 cm³/mol. The van der Waals surface area contributed by atoms with Gasteiger partial charge in [-0.15, -0.1) is 0 Å². The molecule has 13 heavy (non-hydrogen) atoms. The number of rotatable bonds is 0. The van der Waals surface area contributed by atoms with Gasteiger partial charge in [-0.3, -0.25) is 0 Å². The van der Waals surface area contributed by atoms with E-state index in [1.165, 1.54) is 0 Å². The van der Waals surface area contributed by atoms with Crippen LogP contribution in [0.2, 0.25) is 0 Å². The first-order valence-electron chi connectivity index (χ1n) is 1.73. The molecular formula is C6H12O6Ti. The molecule has 6 nitrogen and oxygen atoms in total. The third kappa shape index (κ3) is 511. The summed E-state index contributed by atoms with van der Waals surface area (Å²) in [7, 11) is 0. The molecule has 0 heterocycles. The number of hydrogen-bond donors (Lipinski definition) is 0. The molecule has 0 bridgehead atoms. The fourth-order valence-corrected chi connectivity index (χ4v) is 0. The summed E-state index contributed by atoms with van der Waals surface area (Å²) < 4.78 is 0. The van der Waals surface area contributed by atoms with Gasteiger partial charge in [0.15, 0.2) is 0 Å². The SMILES string of the molecule is C=O.C=O.C=O.C=O.C=O.C=O.[Ti]. The van der Waals surface area contributed by atoms with Crippen LogP contribution in [0.5, 0.6) is 0 Å². The second-order valence-corrected chi connectivity index (χ2v) is 0. The van der Waals surface area contributed by atoms with Gasteiger partial charge in [0.2, 0.25) is 0 Å². The average Bonchev–Trinajstić information content (AvgIpc) is 2.33. The Morgan fingerprint density at radius 3 is 0.308 bits per heavy atom. The Balaban J connectivity index is -0.00000000655. The molecule has 0 aliphatic heterocycles. The average molecular weight is 228 g/mol. The topological polar surface area (TPSA) is 102 Å². The fourth-order valence-electron chi connectivity index (χ4n) is 0. The Morgan fingerprint density at radius 1 is 0.308 bits per heavy atom. The molecule has 7 heteroatoms. The number of carbonyl (C=O) groups is 6. The van der Waals surface area contributed by atoms with E-state index in [-0.39, 0.29) is 21.7 Å². The van der Waals surface area contributed by atoms with Crippen molar-refractivity contribution in [2.75, 3.05) is 0 Å². The van der Waals surface area contributed by atoms with Crippen molar-refractivity contribution in [2.45, 2.75) is 0 Å². The number of hydrogen-bond acceptors (Lipinski definition) is 6. The normalized spacial score (nSPS) is 1.85. The summed E-state index contributed by atoms with van der Waals surface area (Å²) in [5, 5.41) is 0. The minimum absolute atomic E-state index is 0. The van der Waals surface area contributed by atoms with Gasteiger partial charge in [0, 0.05) is 21.7 Å². The van der Waals surface area contributed by atoms with Gasteiger partial charge in [0.25, 0.3) is 0 Å². The Hall–Kier alpha value is -1.27. The van der Waals surface area contributed by atoms with Crippen molar-refractivity contribution in [1.82, 2.24) is 0 Å². The Labute approximate surface area is 91.6 Å². The Morgan fingerprint density at radius 2 is 0.308 bits per heavy atom. The van der Waals surface area contributed by atoms with Crippen molar-refractivity contribution < 1.29 is 50.5 Å². The van der Waals surface area contributed by atoms with Crippen molar-refractivity contribution in [3.8, 4) is 0 Å². The maximum atomic E-state index is 8.00. The van der Waals surface area contributed by atoms with Crippen molar-refractivity contribution in [1.29, 1.82) is 0 Å². The van der Waals surface area contributed by atoms with Crippen molar-refractivity contribution in [3.05, 3.63) is 0 Å². The zero-order valence-corrected chi connectivity index (χ0v) is 8.75. The minimum Gasteiger partial charge on any atom is -0.307 e. The van der Waals surface area contributed by atoms with Crippen LogP contribution in [0.4, 0.5) is 0 Å². The van der Waals surface area contributed by atoms with Crippen LogP contribution in [-0.2, 0) is 50.5 Å². The molecule has 0 atom stereocenters. The summed E-state index contributed by atoms with van der Waals surface area (Å²) in [5.74, 6) is 0. The summed E-state index contributed by atoms with van der Waals surface area (Å²) in [4.78, 5) is 48.0. The fraction of sp³-hybridized carbons (Fsp3) is 0. The molecule has 0 unspecified atom stereocenters. The van der Waals surface area contributed by atoms with Gasteiger partial charge < -0.3 is 28.8 Å². The molecule has 0 N–H and O–H groups in total. The van der Waals surface area contributed by atoms with Crippen LogP contribution in [-0.4, -0.2) is 40.7 Å². The van der Waals surface area contributed by atoms with E-state index in [0.717, 1.165) is 0 Å². The second kappa shape index (κ2) is 635. The van der Waals surface area contributed by atoms with E-state index in [1.54, 1.807) is 0 Å². The molecule has 0 aliphatic rings. The third-order valence-corrected chi connectivity index (χ3v) is 0. The predicted octanol–water partition coefficient (Wildman–Crippen LogP) is -1.11. The molecule has 0 radical (unpaired) electrons. The molecular weight excluding hydrogens is 216 g/mol. The van der Waals surface area contributed by atoms with Gasteiger partial charge in [0.1, 0.15) is 40.7 Å². The summed E-state index contributed by atoms with van der Waals surface area (Å²) in [6.45, 7) is 12.0. The molecule has 0 aromatic carbocycles. The zero-order valence-electron chi connectivity index (χ0n) is 7.19. The Bertz CT molecular complexity index is 32.6. The third-order valence-electron chi connectivity index (χ3n) is 0. The van der Waals surface area contributed by atoms with Crippen LogP contribution < -0.4 is 0 Å². The summed E-state index contributed by atoms with van der Waals surface area (Å²) in [5.41, 5.74) is 0. The van der Waals surface area contributed by atoms with Gasteiger partial charge in [-0.25, -0.2) is 0 Å². The van der Waals surface area contributed by atoms with E-state index >= 15 is 0 Å². The van der Waals surface area contributed by atoms with Gasteiger partial charge in [-0.1, -0.05) is 0 Å². The molecule has 0 fully saturated rings. The second-order valence-electron chi connectivity index (χ2n) is 0. The molecule has 0 amide bonds. The van der Waals surface area contributed by atoms with Crippen molar-refractivity contribution in [3.63, 3.8) is 0 Å². The first kappa shape index (κ1) is 60.3. The first-order valence-corrected chi connectivity index (χ1v) is 1.73. The van der Waals surface area contributed by atoms with Crippen LogP contribution in [0, 0.1) is 0 Å². The molecule has 0 saturated carbocycles. The number of carbonyl (C=O) groups excluding carboxylic acids is 6. The standard InChI is InChI=1S/6CH2O.Ti/c6*1-2;/h6*1H2;. The minimum atomic E-state index is 0. The van der Waals surface area contributed by atoms with Crippen LogP contribution >= 0.6 is 0 Å². The van der Waals surface area contributed by atoms with Crippen LogP contribution in [0.1, 0.15) is 0 Å². The van der Waals surface area contributed by atoms with E-state index < -0.39 is 0 Å². The Kier molecular flexibility index (Phi) is 2950.